The van der Waals surface area contributed by atoms with Crippen molar-refractivity contribution in [2.75, 3.05) is 0 Å². The molecule has 0 aliphatic carbocycles. The highest BCUT2D eigenvalue weighted by atomic mass is 79.9. The van der Waals surface area contributed by atoms with Crippen LogP contribution >= 0.6 is 27.3 Å². The molecule has 0 nitrogen and oxygen atoms in total. The van der Waals surface area contributed by atoms with Crippen molar-refractivity contribution in [1.82, 2.24) is 0 Å². The van der Waals surface area contributed by atoms with E-state index >= 15 is 0 Å². The summed E-state index contributed by atoms with van der Waals surface area (Å²) in [5, 5.41) is 1.66. The predicted octanol–water partition coefficient (Wildman–Crippen LogP) is 3.94. The van der Waals surface area contributed by atoms with Gasteiger partial charge in [0.15, 0.2) is 5.13 Å². The highest BCUT2D eigenvalue weighted by Crippen LogP contribution is 2.28. The van der Waals surface area contributed by atoms with Gasteiger partial charge in [-0.2, -0.15) is 4.39 Å². The molecule has 0 fully saturated rings. The number of halogens is 2. The van der Waals surface area contributed by atoms with Crippen LogP contribution in [0.5, 0.6) is 0 Å². The average Bonchev–Trinajstić information content (AvgIpc) is 2.44. The van der Waals surface area contributed by atoms with E-state index in [1.807, 2.05) is 18.2 Å². The Morgan fingerprint density at radius 3 is 3.00 bits per heavy atom. The molecule has 0 amide bonds. The fourth-order valence-electron chi connectivity index (χ4n) is 1.20. The van der Waals surface area contributed by atoms with Gasteiger partial charge in [-0.25, -0.2) is 0 Å². The highest BCUT2D eigenvalue weighted by molar-refractivity contribution is 9.08. The largest absolute Gasteiger partial charge is 0.195 e. The molecule has 3 heteroatoms. The van der Waals surface area contributed by atoms with Gasteiger partial charge in [-0.1, -0.05) is 34.1 Å². The third kappa shape index (κ3) is 1.27. The Balaban J connectivity index is 2.78. The van der Waals surface area contributed by atoms with E-state index in [4.69, 9.17) is 0 Å². The first-order chi connectivity index (χ1) is 5.81. The molecular weight excluding hydrogens is 239 g/mol. The molecule has 0 spiro atoms. The van der Waals surface area contributed by atoms with Gasteiger partial charge >= 0.3 is 0 Å². The van der Waals surface area contributed by atoms with E-state index < -0.39 is 0 Å². The summed E-state index contributed by atoms with van der Waals surface area (Å²) in [4.78, 5) is 0. The zero-order valence-corrected chi connectivity index (χ0v) is 8.58. The Hall–Kier alpha value is -0.410. The van der Waals surface area contributed by atoms with Gasteiger partial charge in [0, 0.05) is 10.0 Å². The Morgan fingerprint density at radius 2 is 2.25 bits per heavy atom. The van der Waals surface area contributed by atoms with Crippen LogP contribution in [0.4, 0.5) is 4.39 Å². The van der Waals surface area contributed by atoms with Crippen LogP contribution in [0, 0.1) is 5.13 Å². The SMILES string of the molecule is Fc1cc2cccc(CBr)c2s1. The van der Waals surface area contributed by atoms with Crippen LogP contribution in [0.25, 0.3) is 10.1 Å². The minimum Gasteiger partial charge on any atom is -0.195 e. The topological polar surface area (TPSA) is 0 Å². The van der Waals surface area contributed by atoms with Gasteiger partial charge in [-0.15, -0.1) is 11.3 Å². The van der Waals surface area contributed by atoms with Crippen molar-refractivity contribution in [2.45, 2.75) is 5.33 Å². The maximum atomic E-state index is 12.8. The average molecular weight is 245 g/mol. The fourth-order valence-corrected chi connectivity index (χ4v) is 2.75. The summed E-state index contributed by atoms with van der Waals surface area (Å²) in [6.45, 7) is 0. The van der Waals surface area contributed by atoms with Crippen molar-refractivity contribution in [1.29, 1.82) is 0 Å². The number of thiophene rings is 1. The van der Waals surface area contributed by atoms with E-state index in [1.165, 1.54) is 11.3 Å². The lowest BCUT2D eigenvalue weighted by Crippen LogP contribution is -1.74. The maximum Gasteiger partial charge on any atom is 0.177 e. The lowest BCUT2D eigenvalue weighted by Gasteiger charge is -1.95. The maximum absolute atomic E-state index is 12.8. The fraction of sp³-hybridized carbons (Fsp3) is 0.111. The van der Waals surface area contributed by atoms with E-state index in [1.54, 1.807) is 6.07 Å². The molecule has 12 heavy (non-hydrogen) atoms. The van der Waals surface area contributed by atoms with Crippen molar-refractivity contribution >= 4 is 37.4 Å². The molecule has 0 atom stereocenters. The van der Waals surface area contributed by atoms with E-state index in [2.05, 4.69) is 15.9 Å². The van der Waals surface area contributed by atoms with Crippen LogP contribution in [0.3, 0.4) is 0 Å². The van der Waals surface area contributed by atoms with Crippen LogP contribution in [-0.4, -0.2) is 0 Å². The first-order valence-electron chi connectivity index (χ1n) is 3.54. The van der Waals surface area contributed by atoms with Crippen molar-refractivity contribution in [2.24, 2.45) is 0 Å². The van der Waals surface area contributed by atoms with Crippen molar-refractivity contribution in [3.8, 4) is 0 Å². The van der Waals surface area contributed by atoms with Crippen LogP contribution in [0.15, 0.2) is 24.3 Å². The van der Waals surface area contributed by atoms with E-state index in [9.17, 15) is 4.39 Å². The lowest BCUT2D eigenvalue weighted by atomic mass is 10.2. The third-order valence-corrected chi connectivity index (χ3v) is 3.36. The molecule has 1 aromatic heterocycles. The van der Waals surface area contributed by atoms with E-state index in [0.29, 0.717) is 0 Å². The number of alkyl halides is 1. The zero-order valence-electron chi connectivity index (χ0n) is 6.18. The van der Waals surface area contributed by atoms with Crippen molar-refractivity contribution in [3.05, 3.63) is 35.0 Å². The molecule has 2 rings (SSSR count). The van der Waals surface area contributed by atoms with Gasteiger partial charge in [-0.3, -0.25) is 0 Å². The lowest BCUT2D eigenvalue weighted by molar-refractivity contribution is 0.658. The molecule has 0 aliphatic rings. The molecular formula is C9H6BrFS. The standard InChI is InChI=1S/C9H6BrFS/c10-5-7-3-1-2-6-4-8(11)12-9(6)7/h1-4H,5H2. The Morgan fingerprint density at radius 1 is 1.42 bits per heavy atom. The molecule has 0 aliphatic heterocycles. The quantitative estimate of drug-likeness (QED) is 0.667. The molecule has 0 unspecified atom stereocenters. The summed E-state index contributed by atoms with van der Waals surface area (Å²) < 4.78 is 13.9. The predicted molar refractivity (Wildman–Crippen MR) is 54.4 cm³/mol. The molecule has 0 radical (unpaired) electrons. The monoisotopic (exact) mass is 244 g/mol. The van der Waals surface area contributed by atoms with Crippen molar-refractivity contribution in [3.63, 3.8) is 0 Å². The molecule has 2 aromatic rings. The van der Waals surface area contributed by atoms with Gasteiger partial charge in [-0.05, 0) is 17.0 Å². The summed E-state index contributed by atoms with van der Waals surface area (Å²) in [6.07, 6.45) is 0. The van der Waals surface area contributed by atoms with Crippen LogP contribution in [0.1, 0.15) is 5.56 Å². The zero-order chi connectivity index (χ0) is 8.55. The van der Waals surface area contributed by atoms with E-state index in [0.717, 1.165) is 21.0 Å². The molecule has 1 aromatic carbocycles. The highest BCUT2D eigenvalue weighted by Gasteiger charge is 2.03. The number of hydrogen-bond acceptors (Lipinski definition) is 1. The molecule has 62 valence electrons. The summed E-state index contributed by atoms with van der Waals surface area (Å²) in [5.41, 5.74) is 1.15. The number of rotatable bonds is 1. The smallest absolute Gasteiger partial charge is 0.177 e. The summed E-state index contributed by atoms with van der Waals surface area (Å²) >= 11 is 4.58. The van der Waals surface area contributed by atoms with Crippen LogP contribution < -0.4 is 0 Å². The summed E-state index contributed by atoms with van der Waals surface area (Å²) in [5.74, 6) is 0. The Labute approximate surface area is 82.2 Å². The van der Waals surface area contributed by atoms with Gasteiger partial charge in [0.25, 0.3) is 0 Å². The van der Waals surface area contributed by atoms with Crippen molar-refractivity contribution < 1.29 is 4.39 Å². The molecule has 0 saturated carbocycles. The first kappa shape index (κ1) is 8.20. The van der Waals surface area contributed by atoms with Gasteiger partial charge < -0.3 is 0 Å². The second kappa shape index (κ2) is 3.15. The normalized spacial score (nSPS) is 10.8. The summed E-state index contributed by atoms with van der Waals surface area (Å²) in [7, 11) is 0. The van der Waals surface area contributed by atoms with E-state index in [-0.39, 0.29) is 5.13 Å². The minimum absolute atomic E-state index is 0.113. The number of fused-ring (bicyclic) bond motifs is 1. The second-order valence-corrected chi connectivity index (χ2v) is 4.08. The third-order valence-electron chi connectivity index (χ3n) is 1.74. The molecule has 0 bridgehead atoms. The van der Waals surface area contributed by atoms with Gasteiger partial charge in [0.2, 0.25) is 0 Å². The van der Waals surface area contributed by atoms with Gasteiger partial charge in [0.05, 0.1) is 0 Å². The molecule has 0 N–H and O–H groups in total. The second-order valence-electron chi connectivity index (χ2n) is 2.52. The Bertz CT molecular complexity index is 408. The van der Waals surface area contributed by atoms with Crippen LogP contribution in [0.2, 0.25) is 0 Å². The van der Waals surface area contributed by atoms with Crippen LogP contribution in [-0.2, 0) is 5.33 Å². The minimum atomic E-state index is -0.113. The van der Waals surface area contributed by atoms with Gasteiger partial charge in [0.1, 0.15) is 0 Å². The molecule has 1 heterocycles. The first-order valence-corrected chi connectivity index (χ1v) is 5.48. The number of hydrogen-bond donors (Lipinski definition) is 0. The molecule has 0 saturated heterocycles. The summed E-state index contributed by atoms with van der Waals surface area (Å²) in [6, 6.07) is 7.46. The number of benzene rings is 1. The Kier molecular flexibility index (Phi) is 2.15.